The Labute approximate surface area is 83.3 Å². The number of hydrogen-bond donors (Lipinski definition) is 1. The molecule has 0 aliphatic heterocycles. The van der Waals surface area contributed by atoms with E-state index < -0.39 is 0 Å². The largest absolute Gasteiger partial charge is 0.348 e. The van der Waals surface area contributed by atoms with Crippen molar-refractivity contribution in [1.82, 2.24) is 9.97 Å². The molecule has 0 saturated carbocycles. The molecule has 0 radical (unpaired) electrons. The Bertz CT molecular complexity index is 416. The molecule has 1 N–H and O–H groups in total. The highest BCUT2D eigenvalue weighted by Gasteiger charge is 2.00. The van der Waals surface area contributed by atoms with Gasteiger partial charge in [0.1, 0.15) is 0 Å². The second-order valence-corrected chi connectivity index (χ2v) is 3.16. The van der Waals surface area contributed by atoms with Crippen LogP contribution in [0, 0.1) is 0 Å². The third-order valence-corrected chi connectivity index (χ3v) is 2.21. The van der Waals surface area contributed by atoms with Gasteiger partial charge < -0.3 is 4.98 Å². The third-order valence-electron chi connectivity index (χ3n) is 2.21. The highest BCUT2D eigenvalue weighted by molar-refractivity contribution is 5.52. The molecular weight excluding hydrogens is 172 g/mol. The first kappa shape index (κ1) is 8.75. The highest BCUT2D eigenvalue weighted by Crippen LogP contribution is 2.13. The lowest BCUT2D eigenvalue weighted by Gasteiger charge is -2.03. The summed E-state index contributed by atoms with van der Waals surface area (Å²) in [7, 11) is 0. The Morgan fingerprint density at radius 2 is 2.21 bits per heavy atom. The number of nitrogens with one attached hydrogen (secondary N) is 1. The normalized spacial score (nSPS) is 10.0. The Morgan fingerprint density at radius 1 is 1.36 bits per heavy atom. The van der Waals surface area contributed by atoms with Gasteiger partial charge in [-0.05, 0) is 11.1 Å². The van der Waals surface area contributed by atoms with E-state index in [9.17, 15) is 0 Å². The van der Waals surface area contributed by atoms with Crippen molar-refractivity contribution in [2.24, 2.45) is 0 Å². The molecule has 0 aliphatic carbocycles. The standard InChI is InChI=1S/C12H12N2/c1-2-10-5-3-4-6-11(10)7-12-8-13-9-14-12/h2-6,8-9H,1,7H2,(H,13,14). The van der Waals surface area contributed by atoms with Crippen LogP contribution in [0.25, 0.3) is 6.08 Å². The number of hydrogen-bond acceptors (Lipinski definition) is 1. The van der Waals surface area contributed by atoms with E-state index in [2.05, 4.69) is 28.7 Å². The Balaban J connectivity index is 2.28. The van der Waals surface area contributed by atoms with Crippen molar-refractivity contribution in [3.8, 4) is 0 Å². The molecule has 0 amide bonds. The molecule has 0 aliphatic rings. The van der Waals surface area contributed by atoms with Gasteiger partial charge in [0.2, 0.25) is 0 Å². The van der Waals surface area contributed by atoms with Crippen LogP contribution in [0.1, 0.15) is 16.8 Å². The van der Waals surface area contributed by atoms with Crippen LogP contribution < -0.4 is 0 Å². The fraction of sp³-hybridized carbons (Fsp3) is 0.0833. The van der Waals surface area contributed by atoms with E-state index in [0.29, 0.717) is 0 Å². The van der Waals surface area contributed by atoms with Gasteiger partial charge >= 0.3 is 0 Å². The summed E-state index contributed by atoms with van der Waals surface area (Å²) < 4.78 is 0. The minimum absolute atomic E-state index is 0.877. The van der Waals surface area contributed by atoms with Gasteiger partial charge in [-0.2, -0.15) is 0 Å². The number of rotatable bonds is 3. The van der Waals surface area contributed by atoms with Crippen molar-refractivity contribution in [2.45, 2.75) is 6.42 Å². The molecule has 0 unspecified atom stereocenters. The van der Waals surface area contributed by atoms with Crippen LogP contribution in [0.4, 0.5) is 0 Å². The molecule has 1 heterocycles. The Hall–Kier alpha value is -1.83. The van der Waals surface area contributed by atoms with E-state index in [1.807, 2.05) is 24.4 Å². The van der Waals surface area contributed by atoms with Gasteiger partial charge in [0.15, 0.2) is 0 Å². The van der Waals surface area contributed by atoms with Crippen molar-refractivity contribution >= 4 is 6.08 Å². The zero-order valence-corrected chi connectivity index (χ0v) is 7.90. The van der Waals surface area contributed by atoms with E-state index in [4.69, 9.17) is 0 Å². The molecule has 0 fully saturated rings. The van der Waals surface area contributed by atoms with Crippen LogP contribution in [0.3, 0.4) is 0 Å². The van der Waals surface area contributed by atoms with Crippen LogP contribution in [0.15, 0.2) is 43.4 Å². The first-order valence-electron chi connectivity index (χ1n) is 4.58. The molecule has 1 aromatic carbocycles. The first-order chi connectivity index (χ1) is 6.90. The minimum Gasteiger partial charge on any atom is -0.348 e. The second-order valence-electron chi connectivity index (χ2n) is 3.16. The van der Waals surface area contributed by atoms with E-state index in [1.165, 1.54) is 11.1 Å². The minimum atomic E-state index is 0.877. The van der Waals surface area contributed by atoms with Crippen LogP contribution >= 0.6 is 0 Å². The zero-order valence-electron chi connectivity index (χ0n) is 7.90. The van der Waals surface area contributed by atoms with Crippen molar-refractivity contribution in [3.05, 3.63) is 60.2 Å². The molecule has 2 rings (SSSR count). The lowest BCUT2D eigenvalue weighted by Crippen LogP contribution is -1.91. The monoisotopic (exact) mass is 184 g/mol. The molecule has 2 heteroatoms. The van der Waals surface area contributed by atoms with Crippen molar-refractivity contribution in [3.63, 3.8) is 0 Å². The summed E-state index contributed by atoms with van der Waals surface area (Å²) in [6.07, 6.45) is 6.31. The number of aromatic nitrogens is 2. The smallest absolute Gasteiger partial charge is 0.0921 e. The predicted octanol–water partition coefficient (Wildman–Crippen LogP) is 2.64. The molecule has 1 aromatic heterocycles. The quantitative estimate of drug-likeness (QED) is 0.780. The van der Waals surface area contributed by atoms with E-state index >= 15 is 0 Å². The van der Waals surface area contributed by atoms with Crippen LogP contribution in [-0.4, -0.2) is 9.97 Å². The predicted molar refractivity (Wildman–Crippen MR) is 57.9 cm³/mol. The van der Waals surface area contributed by atoms with Crippen molar-refractivity contribution in [1.29, 1.82) is 0 Å². The van der Waals surface area contributed by atoms with Crippen molar-refractivity contribution < 1.29 is 0 Å². The zero-order chi connectivity index (χ0) is 9.80. The topological polar surface area (TPSA) is 28.7 Å². The summed E-state index contributed by atoms with van der Waals surface area (Å²) in [6, 6.07) is 8.24. The van der Waals surface area contributed by atoms with Crippen LogP contribution in [0.2, 0.25) is 0 Å². The lowest BCUT2D eigenvalue weighted by molar-refractivity contribution is 1.10. The molecular formula is C12H12N2. The molecule has 2 nitrogen and oxygen atoms in total. The number of benzene rings is 1. The van der Waals surface area contributed by atoms with Gasteiger partial charge in [-0.1, -0.05) is 36.9 Å². The third kappa shape index (κ3) is 1.74. The summed E-state index contributed by atoms with van der Waals surface area (Å²) in [5.41, 5.74) is 3.58. The summed E-state index contributed by atoms with van der Waals surface area (Å²) >= 11 is 0. The van der Waals surface area contributed by atoms with Gasteiger partial charge in [-0.25, -0.2) is 4.98 Å². The summed E-state index contributed by atoms with van der Waals surface area (Å²) in [4.78, 5) is 7.08. The van der Waals surface area contributed by atoms with Crippen LogP contribution in [-0.2, 0) is 6.42 Å². The molecule has 0 spiro atoms. The number of aromatic amines is 1. The van der Waals surface area contributed by atoms with Gasteiger partial charge in [-0.15, -0.1) is 0 Å². The summed E-state index contributed by atoms with van der Waals surface area (Å²) in [5.74, 6) is 0. The van der Waals surface area contributed by atoms with Gasteiger partial charge in [0.05, 0.1) is 6.33 Å². The first-order valence-corrected chi connectivity index (χ1v) is 4.58. The fourth-order valence-corrected chi connectivity index (χ4v) is 1.48. The SMILES string of the molecule is C=Cc1ccccc1Cc1cnc[nH]1. The fourth-order valence-electron chi connectivity index (χ4n) is 1.48. The van der Waals surface area contributed by atoms with Gasteiger partial charge in [-0.3, -0.25) is 0 Å². The van der Waals surface area contributed by atoms with E-state index in [1.54, 1.807) is 6.33 Å². The molecule has 70 valence electrons. The molecule has 0 saturated heterocycles. The Morgan fingerprint density at radius 3 is 2.93 bits per heavy atom. The van der Waals surface area contributed by atoms with E-state index in [0.717, 1.165) is 12.1 Å². The van der Waals surface area contributed by atoms with Crippen LogP contribution in [0.5, 0.6) is 0 Å². The van der Waals surface area contributed by atoms with Gasteiger partial charge in [0.25, 0.3) is 0 Å². The highest BCUT2D eigenvalue weighted by atomic mass is 14.9. The lowest BCUT2D eigenvalue weighted by atomic mass is 10.0. The molecule has 14 heavy (non-hydrogen) atoms. The molecule has 0 atom stereocenters. The summed E-state index contributed by atoms with van der Waals surface area (Å²) in [5, 5.41) is 0. The molecule has 0 bridgehead atoms. The number of imidazole rings is 1. The average Bonchev–Trinajstić information content (AvgIpc) is 2.71. The van der Waals surface area contributed by atoms with E-state index in [-0.39, 0.29) is 0 Å². The van der Waals surface area contributed by atoms with Crippen molar-refractivity contribution in [2.75, 3.05) is 0 Å². The maximum Gasteiger partial charge on any atom is 0.0921 e. The average molecular weight is 184 g/mol. The number of H-pyrrole nitrogens is 1. The maximum atomic E-state index is 3.99. The second kappa shape index (κ2) is 3.92. The van der Waals surface area contributed by atoms with Gasteiger partial charge in [0, 0.05) is 18.3 Å². The number of nitrogens with zero attached hydrogens (tertiary/aromatic N) is 1. The Kier molecular flexibility index (Phi) is 2.45. The summed E-state index contributed by atoms with van der Waals surface area (Å²) in [6.45, 7) is 3.80. The molecule has 2 aromatic rings. The maximum absolute atomic E-state index is 3.99.